The molecule has 1 aromatic rings. The molecule has 0 spiro atoms. The Morgan fingerprint density at radius 2 is 2.13 bits per heavy atom. The number of anilines is 1. The molecule has 0 unspecified atom stereocenters. The lowest BCUT2D eigenvalue weighted by Gasteiger charge is -1.99. The fraction of sp³-hybridized carbons (Fsp3) is 0.400. The summed E-state index contributed by atoms with van der Waals surface area (Å²) in [5.41, 5.74) is 0. The highest BCUT2D eigenvalue weighted by atomic mass is 32.1. The van der Waals surface area contributed by atoms with E-state index in [0.29, 0.717) is 12.2 Å². The molecular formula is C10H15N3OS. The molecule has 82 valence electrons. The SMILES string of the molecule is O=CNc1ccccn1.SN1CCCC1. The van der Waals surface area contributed by atoms with Crippen molar-refractivity contribution in [3.8, 4) is 0 Å². The second-order valence-electron chi connectivity index (χ2n) is 3.14. The number of hydrogen-bond donors (Lipinski definition) is 2. The van der Waals surface area contributed by atoms with Crippen LogP contribution in [0.3, 0.4) is 0 Å². The summed E-state index contributed by atoms with van der Waals surface area (Å²) in [6.07, 6.45) is 4.89. The lowest BCUT2D eigenvalue weighted by molar-refractivity contribution is -0.105. The average molecular weight is 225 g/mol. The van der Waals surface area contributed by atoms with Crippen molar-refractivity contribution in [2.75, 3.05) is 18.4 Å². The van der Waals surface area contributed by atoms with Gasteiger partial charge in [-0.25, -0.2) is 4.98 Å². The molecule has 1 saturated heterocycles. The van der Waals surface area contributed by atoms with Crippen LogP contribution in [0.5, 0.6) is 0 Å². The minimum Gasteiger partial charge on any atom is -0.313 e. The van der Waals surface area contributed by atoms with E-state index in [1.807, 2.05) is 0 Å². The van der Waals surface area contributed by atoms with Gasteiger partial charge in [-0.3, -0.25) is 9.10 Å². The first-order chi connectivity index (χ1) is 7.33. The molecule has 1 aliphatic heterocycles. The molecule has 0 bridgehead atoms. The minimum atomic E-state index is 0.576. The maximum atomic E-state index is 9.82. The number of thiol groups is 1. The average Bonchev–Trinajstić information content (AvgIpc) is 2.72. The summed E-state index contributed by atoms with van der Waals surface area (Å²) in [4.78, 5) is 13.6. The predicted octanol–water partition coefficient (Wildman–Crippen LogP) is 1.58. The Bertz CT molecular complexity index is 275. The molecule has 15 heavy (non-hydrogen) atoms. The Labute approximate surface area is 95.2 Å². The largest absolute Gasteiger partial charge is 0.313 e. The third kappa shape index (κ3) is 5.39. The fourth-order valence-electron chi connectivity index (χ4n) is 1.21. The highest BCUT2D eigenvalue weighted by Gasteiger charge is 2.04. The second kappa shape index (κ2) is 7.25. The number of rotatable bonds is 2. The quantitative estimate of drug-likeness (QED) is 0.593. The van der Waals surface area contributed by atoms with E-state index in [2.05, 4.69) is 27.4 Å². The maximum Gasteiger partial charge on any atom is 0.212 e. The van der Waals surface area contributed by atoms with Crippen LogP contribution in [0.1, 0.15) is 12.8 Å². The van der Waals surface area contributed by atoms with Gasteiger partial charge in [0.15, 0.2) is 0 Å². The van der Waals surface area contributed by atoms with Gasteiger partial charge in [0.05, 0.1) is 0 Å². The summed E-state index contributed by atoms with van der Waals surface area (Å²) in [6, 6.07) is 5.31. The zero-order valence-corrected chi connectivity index (χ0v) is 9.36. The molecule has 0 atom stereocenters. The first kappa shape index (κ1) is 12.0. The van der Waals surface area contributed by atoms with Crippen LogP contribution in [0.15, 0.2) is 24.4 Å². The number of amides is 1. The molecule has 0 aliphatic carbocycles. The number of nitrogens with zero attached hydrogens (tertiary/aromatic N) is 2. The van der Waals surface area contributed by atoms with Crippen molar-refractivity contribution in [2.24, 2.45) is 0 Å². The Morgan fingerprint density at radius 3 is 2.53 bits per heavy atom. The summed E-state index contributed by atoms with van der Waals surface area (Å²) >= 11 is 4.13. The zero-order chi connectivity index (χ0) is 10.9. The lowest BCUT2D eigenvalue weighted by Crippen LogP contribution is -2.02. The normalized spacial score (nSPS) is 15.3. The van der Waals surface area contributed by atoms with Crippen LogP contribution in [-0.4, -0.2) is 28.8 Å². The van der Waals surface area contributed by atoms with E-state index in [1.165, 1.54) is 25.9 Å². The number of pyridine rings is 1. The molecule has 1 aliphatic rings. The van der Waals surface area contributed by atoms with Crippen molar-refractivity contribution in [1.82, 2.24) is 9.29 Å². The van der Waals surface area contributed by atoms with Gasteiger partial charge in [-0.2, -0.15) is 0 Å². The lowest BCUT2D eigenvalue weighted by atomic mass is 10.4. The number of nitrogens with one attached hydrogen (secondary N) is 1. The summed E-state index contributed by atoms with van der Waals surface area (Å²) in [7, 11) is 0. The molecule has 1 aromatic heterocycles. The topological polar surface area (TPSA) is 45.2 Å². The first-order valence-electron chi connectivity index (χ1n) is 4.88. The van der Waals surface area contributed by atoms with E-state index >= 15 is 0 Å². The molecule has 5 heteroatoms. The number of carbonyl (C=O) groups is 1. The monoisotopic (exact) mass is 225 g/mol. The van der Waals surface area contributed by atoms with Crippen molar-refractivity contribution < 1.29 is 4.79 Å². The van der Waals surface area contributed by atoms with Crippen molar-refractivity contribution in [1.29, 1.82) is 0 Å². The maximum absolute atomic E-state index is 9.82. The molecule has 1 amide bonds. The molecule has 2 heterocycles. The van der Waals surface area contributed by atoms with Crippen LogP contribution in [0.2, 0.25) is 0 Å². The molecule has 0 radical (unpaired) electrons. The predicted molar refractivity (Wildman–Crippen MR) is 63.7 cm³/mol. The Hall–Kier alpha value is -1.07. The van der Waals surface area contributed by atoms with Crippen molar-refractivity contribution in [2.45, 2.75) is 12.8 Å². The first-order valence-corrected chi connectivity index (χ1v) is 5.28. The van der Waals surface area contributed by atoms with Gasteiger partial charge in [0.25, 0.3) is 0 Å². The van der Waals surface area contributed by atoms with Gasteiger partial charge in [0.1, 0.15) is 5.82 Å². The summed E-state index contributed by atoms with van der Waals surface area (Å²) in [5, 5.41) is 2.42. The van der Waals surface area contributed by atoms with Gasteiger partial charge in [-0.05, 0) is 25.0 Å². The Kier molecular flexibility index (Phi) is 5.80. The van der Waals surface area contributed by atoms with Crippen molar-refractivity contribution in [3.63, 3.8) is 0 Å². The van der Waals surface area contributed by atoms with Gasteiger partial charge in [-0.1, -0.05) is 18.9 Å². The summed E-state index contributed by atoms with van der Waals surface area (Å²) in [6.45, 7) is 2.37. The van der Waals surface area contributed by atoms with Gasteiger partial charge < -0.3 is 5.32 Å². The number of aromatic nitrogens is 1. The van der Waals surface area contributed by atoms with Gasteiger partial charge >= 0.3 is 0 Å². The van der Waals surface area contributed by atoms with Crippen LogP contribution in [0, 0.1) is 0 Å². The van der Waals surface area contributed by atoms with Crippen molar-refractivity contribution >= 4 is 25.0 Å². The van der Waals surface area contributed by atoms with Crippen LogP contribution in [-0.2, 0) is 4.79 Å². The van der Waals surface area contributed by atoms with Crippen molar-refractivity contribution in [3.05, 3.63) is 24.4 Å². The van der Waals surface area contributed by atoms with Gasteiger partial charge in [0, 0.05) is 19.3 Å². The highest BCUT2D eigenvalue weighted by Crippen LogP contribution is 2.07. The molecule has 4 nitrogen and oxygen atoms in total. The van der Waals surface area contributed by atoms with E-state index in [0.717, 1.165) is 0 Å². The molecule has 1 fully saturated rings. The fourth-order valence-corrected chi connectivity index (χ4v) is 1.49. The van der Waals surface area contributed by atoms with E-state index in [9.17, 15) is 4.79 Å². The molecule has 1 N–H and O–H groups in total. The van der Waals surface area contributed by atoms with Crippen LogP contribution >= 0.6 is 12.8 Å². The third-order valence-electron chi connectivity index (χ3n) is 1.95. The molecular weight excluding hydrogens is 210 g/mol. The third-order valence-corrected chi connectivity index (χ3v) is 2.35. The number of hydrogen-bond acceptors (Lipinski definition) is 4. The number of carbonyl (C=O) groups excluding carboxylic acids is 1. The van der Waals surface area contributed by atoms with Crippen LogP contribution in [0.4, 0.5) is 5.82 Å². The van der Waals surface area contributed by atoms with E-state index in [4.69, 9.17) is 0 Å². The summed E-state index contributed by atoms with van der Waals surface area (Å²) in [5.74, 6) is 0.576. The van der Waals surface area contributed by atoms with E-state index in [1.54, 1.807) is 24.4 Å². The van der Waals surface area contributed by atoms with Crippen LogP contribution in [0.25, 0.3) is 0 Å². The van der Waals surface area contributed by atoms with Gasteiger partial charge in [0.2, 0.25) is 6.41 Å². The smallest absolute Gasteiger partial charge is 0.212 e. The Balaban J connectivity index is 0.000000162. The molecule has 0 saturated carbocycles. The summed E-state index contributed by atoms with van der Waals surface area (Å²) < 4.78 is 2.06. The van der Waals surface area contributed by atoms with Crippen LogP contribution < -0.4 is 5.32 Å². The zero-order valence-electron chi connectivity index (χ0n) is 8.47. The Morgan fingerprint density at radius 1 is 1.40 bits per heavy atom. The standard InChI is InChI=1S/C6H6N2O.C4H9NS/c9-5-8-6-3-1-2-4-7-6;6-5-3-1-2-4-5/h1-5H,(H,7,8,9);6H,1-4H2. The molecule has 0 aromatic carbocycles. The van der Waals surface area contributed by atoms with E-state index in [-0.39, 0.29) is 0 Å². The minimum absolute atomic E-state index is 0.576. The van der Waals surface area contributed by atoms with Gasteiger partial charge in [-0.15, -0.1) is 0 Å². The molecule has 2 rings (SSSR count). The highest BCUT2D eigenvalue weighted by molar-refractivity contribution is 7.77. The van der Waals surface area contributed by atoms with E-state index < -0.39 is 0 Å². The second-order valence-corrected chi connectivity index (χ2v) is 3.70.